The van der Waals surface area contributed by atoms with Gasteiger partial charge in [0.1, 0.15) is 12.9 Å². The third-order valence-electron chi connectivity index (χ3n) is 4.60. The molecule has 1 aromatic carbocycles. The maximum atomic E-state index is 12.7. The monoisotopic (exact) mass is 406 g/mol. The van der Waals surface area contributed by atoms with E-state index in [1.165, 1.54) is 17.7 Å². The van der Waals surface area contributed by atoms with Crippen molar-refractivity contribution in [2.75, 3.05) is 17.9 Å². The van der Waals surface area contributed by atoms with Crippen LogP contribution < -0.4 is 9.46 Å². The molecule has 142 valence electrons. The van der Waals surface area contributed by atoms with Gasteiger partial charge in [-0.2, -0.15) is 0 Å². The Balaban J connectivity index is 1.83. The van der Waals surface area contributed by atoms with E-state index in [1.54, 1.807) is 12.4 Å². The number of hydrogen-bond acceptors (Lipinski definition) is 8. The Morgan fingerprint density at radius 3 is 2.85 bits per heavy atom. The van der Waals surface area contributed by atoms with Crippen LogP contribution in [-0.2, 0) is 10.0 Å². The van der Waals surface area contributed by atoms with Crippen molar-refractivity contribution in [1.29, 1.82) is 0 Å². The molecule has 2 N–H and O–H groups in total. The van der Waals surface area contributed by atoms with Gasteiger partial charge in [0, 0.05) is 0 Å². The van der Waals surface area contributed by atoms with Gasteiger partial charge >= 0.3 is 0 Å². The van der Waals surface area contributed by atoms with Gasteiger partial charge in [0.15, 0.2) is 5.82 Å². The topological polar surface area (TPSA) is 114 Å². The van der Waals surface area contributed by atoms with Crippen molar-refractivity contribution in [2.24, 2.45) is 0 Å². The number of benzene rings is 1. The van der Waals surface area contributed by atoms with E-state index >= 15 is 0 Å². The molecule has 4 rings (SSSR count). The lowest BCUT2D eigenvalue weighted by Crippen LogP contribution is -2.27. The molecule has 10 heteroatoms. The summed E-state index contributed by atoms with van der Waals surface area (Å²) in [7, 11) is -3.60. The molecule has 0 aliphatic heterocycles. The average Bonchev–Trinajstić information content (AvgIpc) is 3.24. The van der Waals surface area contributed by atoms with E-state index in [1.807, 2.05) is 18.2 Å². The smallest absolute Gasteiger partial charge is 0.239 e. The lowest BCUT2D eigenvalue weighted by atomic mass is 10.1. The van der Waals surface area contributed by atoms with Crippen LogP contribution in [-0.4, -0.2) is 46.4 Å². The number of hydrogen-bond donors (Lipinski definition) is 2. The van der Waals surface area contributed by atoms with Gasteiger partial charge in [0.05, 0.1) is 32.6 Å². The molecule has 2 heterocycles. The van der Waals surface area contributed by atoms with Crippen LogP contribution in [0.4, 0.5) is 5.82 Å². The van der Waals surface area contributed by atoms with Crippen LogP contribution in [0, 0.1) is 0 Å². The maximum absolute atomic E-state index is 12.7. The summed E-state index contributed by atoms with van der Waals surface area (Å²) in [4.78, 5) is 12.6. The van der Waals surface area contributed by atoms with Crippen molar-refractivity contribution < 1.29 is 18.3 Å². The predicted molar refractivity (Wildman–Crippen MR) is 103 cm³/mol. The molecule has 0 spiro atoms. The number of nitrogens with one attached hydrogen (secondary N) is 1. The first kappa shape index (κ1) is 18.1. The molecule has 0 atom stereocenters. The highest BCUT2D eigenvalue weighted by atomic mass is 32.2. The Bertz CT molecular complexity index is 1090. The second-order valence-corrected chi connectivity index (χ2v) is 9.65. The third-order valence-corrected chi connectivity index (χ3v) is 7.57. The zero-order valence-electron chi connectivity index (χ0n) is 14.5. The predicted octanol–water partition coefficient (Wildman–Crippen LogP) is 2.42. The molecule has 0 bridgehead atoms. The number of aliphatic hydroxyl groups is 1. The first-order chi connectivity index (χ1) is 12.9. The van der Waals surface area contributed by atoms with Gasteiger partial charge in [0.2, 0.25) is 15.9 Å². The van der Waals surface area contributed by atoms with Gasteiger partial charge in [-0.05, 0) is 37.5 Å². The quantitative estimate of drug-likeness (QED) is 0.619. The first-order valence-corrected chi connectivity index (χ1v) is 10.7. The Hall–Kier alpha value is -2.30. The van der Waals surface area contributed by atoms with E-state index < -0.39 is 14.8 Å². The van der Waals surface area contributed by atoms with Gasteiger partial charge in [0.25, 0.3) is 0 Å². The Labute approximate surface area is 160 Å². The van der Waals surface area contributed by atoms with Crippen molar-refractivity contribution in [3.8, 4) is 17.0 Å². The molecule has 1 fully saturated rings. The van der Waals surface area contributed by atoms with Crippen molar-refractivity contribution in [2.45, 2.75) is 24.5 Å². The summed E-state index contributed by atoms with van der Waals surface area (Å²) in [5, 5.41) is 9.08. The van der Waals surface area contributed by atoms with Gasteiger partial charge < -0.3 is 9.84 Å². The van der Waals surface area contributed by atoms with Gasteiger partial charge in [-0.3, -0.25) is 4.72 Å². The minimum absolute atomic E-state index is 0.0346. The minimum Gasteiger partial charge on any atom is -0.475 e. The summed E-state index contributed by atoms with van der Waals surface area (Å²) < 4.78 is 33.8. The average molecular weight is 406 g/mol. The largest absolute Gasteiger partial charge is 0.475 e. The Morgan fingerprint density at radius 2 is 2.11 bits per heavy atom. The van der Waals surface area contributed by atoms with E-state index in [2.05, 4.69) is 19.7 Å². The van der Waals surface area contributed by atoms with E-state index in [0.717, 1.165) is 10.2 Å². The summed E-state index contributed by atoms with van der Waals surface area (Å²) in [6.07, 6.45) is 2.47. The van der Waals surface area contributed by atoms with Crippen molar-refractivity contribution in [3.63, 3.8) is 0 Å². The fourth-order valence-corrected chi connectivity index (χ4v) is 4.62. The molecule has 3 aromatic rings. The number of aliphatic hydroxyl groups excluding tert-OH is 1. The standard InChI is InChI=1S/C17H18N4O4S2/c1-17(4-5-17)27(23,24)21-15-14(16(19-9-18-15)25-7-6-22)11-2-3-13-12(8-11)20-10-26-13/h2-3,8-10,22H,4-7H2,1H3,(H,18,19,21). The summed E-state index contributed by atoms with van der Waals surface area (Å²) in [5.41, 5.74) is 3.64. The second-order valence-electron chi connectivity index (χ2n) is 6.56. The number of aromatic nitrogens is 3. The van der Waals surface area contributed by atoms with E-state index in [-0.39, 0.29) is 24.9 Å². The molecular formula is C17H18N4O4S2. The van der Waals surface area contributed by atoms with Crippen LogP contribution in [0.2, 0.25) is 0 Å². The van der Waals surface area contributed by atoms with Crippen LogP contribution in [0.5, 0.6) is 5.88 Å². The van der Waals surface area contributed by atoms with Crippen molar-refractivity contribution >= 4 is 37.4 Å². The molecule has 0 unspecified atom stereocenters. The highest BCUT2D eigenvalue weighted by Gasteiger charge is 2.50. The van der Waals surface area contributed by atoms with Crippen LogP contribution >= 0.6 is 11.3 Å². The Morgan fingerprint density at radius 1 is 1.30 bits per heavy atom. The zero-order valence-corrected chi connectivity index (χ0v) is 16.2. The summed E-state index contributed by atoms with van der Waals surface area (Å²) >= 11 is 1.52. The SMILES string of the molecule is CC1(S(=O)(=O)Nc2ncnc(OCCO)c2-c2ccc3scnc3c2)CC1. The molecule has 0 radical (unpaired) electrons. The van der Waals surface area contributed by atoms with E-state index in [9.17, 15) is 8.42 Å². The molecule has 2 aromatic heterocycles. The highest BCUT2D eigenvalue weighted by Crippen LogP contribution is 2.44. The number of rotatable bonds is 7. The third kappa shape index (κ3) is 3.35. The molecule has 8 nitrogen and oxygen atoms in total. The van der Waals surface area contributed by atoms with Crippen LogP contribution in [0.25, 0.3) is 21.3 Å². The van der Waals surface area contributed by atoms with Crippen molar-refractivity contribution in [1.82, 2.24) is 15.0 Å². The van der Waals surface area contributed by atoms with Gasteiger partial charge in [-0.25, -0.2) is 23.4 Å². The highest BCUT2D eigenvalue weighted by molar-refractivity contribution is 7.94. The number of thiazole rings is 1. The summed E-state index contributed by atoms with van der Waals surface area (Å²) in [6.45, 7) is 1.56. The lowest BCUT2D eigenvalue weighted by Gasteiger charge is -2.17. The minimum atomic E-state index is -3.60. The zero-order chi connectivity index (χ0) is 19.1. The molecule has 27 heavy (non-hydrogen) atoms. The summed E-state index contributed by atoms with van der Waals surface area (Å²) in [6, 6.07) is 5.60. The van der Waals surface area contributed by atoms with Gasteiger partial charge in [-0.1, -0.05) is 6.07 Å². The maximum Gasteiger partial charge on any atom is 0.239 e. The van der Waals surface area contributed by atoms with Crippen LogP contribution in [0.1, 0.15) is 19.8 Å². The molecule has 0 saturated heterocycles. The molecule has 1 aliphatic rings. The molecule has 1 aliphatic carbocycles. The molecule has 0 amide bonds. The first-order valence-electron chi connectivity index (χ1n) is 8.38. The van der Waals surface area contributed by atoms with Crippen molar-refractivity contribution in [3.05, 3.63) is 30.0 Å². The molecular weight excluding hydrogens is 388 g/mol. The number of anilines is 1. The van der Waals surface area contributed by atoms with Crippen LogP contribution in [0.3, 0.4) is 0 Å². The number of sulfonamides is 1. The fourth-order valence-electron chi connectivity index (χ4n) is 2.67. The normalized spacial score (nSPS) is 15.6. The summed E-state index contributed by atoms with van der Waals surface area (Å²) in [5.74, 6) is 0.355. The van der Waals surface area contributed by atoms with E-state index in [4.69, 9.17) is 9.84 Å². The van der Waals surface area contributed by atoms with E-state index in [0.29, 0.717) is 24.0 Å². The number of ether oxygens (including phenoxy) is 1. The number of fused-ring (bicyclic) bond motifs is 1. The lowest BCUT2D eigenvalue weighted by molar-refractivity contribution is 0.197. The van der Waals surface area contributed by atoms with Gasteiger partial charge in [-0.15, -0.1) is 11.3 Å². The number of nitrogens with zero attached hydrogens (tertiary/aromatic N) is 3. The molecule has 1 saturated carbocycles. The van der Waals surface area contributed by atoms with Crippen LogP contribution in [0.15, 0.2) is 30.0 Å². The Kier molecular flexibility index (Phi) is 4.49. The second kappa shape index (κ2) is 6.70. The fraction of sp³-hybridized carbons (Fsp3) is 0.353.